The lowest BCUT2D eigenvalue weighted by Crippen LogP contribution is -2.30. The fourth-order valence-electron chi connectivity index (χ4n) is 1.67. The minimum absolute atomic E-state index is 0.483. The van der Waals surface area contributed by atoms with Gasteiger partial charge < -0.3 is 0 Å². The number of aryl methyl sites for hydroxylation is 1. The Kier molecular flexibility index (Phi) is 4.72. The quantitative estimate of drug-likeness (QED) is 0.802. The van der Waals surface area contributed by atoms with Crippen molar-refractivity contribution >= 4 is 17.7 Å². The topological polar surface area (TPSA) is 34.9 Å². The van der Waals surface area contributed by atoms with Crippen LogP contribution in [0.5, 0.6) is 0 Å². The first-order chi connectivity index (χ1) is 9.86. The standard InChI is InChI=1S/C14H13F3N2OS/c1-10-3-5-11(6-4-10)21-12(14(15,16)17)9-13(20)19-8-2-7-18-19/h2-8,12H,9H2,1H3/t12-/m0/s1. The highest BCUT2D eigenvalue weighted by Gasteiger charge is 2.41. The van der Waals surface area contributed by atoms with Crippen molar-refractivity contribution in [3.63, 3.8) is 0 Å². The highest BCUT2D eigenvalue weighted by Crippen LogP contribution is 2.37. The van der Waals surface area contributed by atoms with Gasteiger partial charge >= 0.3 is 6.18 Å². The number of halogens is 3. The highest BCUT2D eigenvalue weighted by molar-refractivity contribution is 8.00. The van der Waals surface area contributed by atoms with Gasteiger partial charge in [0.05, 0.1) is 0 Å². The first-order valence-corrected chi connectivity index (χ1v) is 7.07. The summed E-state index contributed by atoms with van der Waals surface area (Å²) in [6, 6.07) is 8.22. The number of alkyl halides is 3. The van der Waals surface area contributed by atoms with Gasteiger partial charge in [-0.15, -0.1) is 11.8 Å². The van der Waals surface area contributed by atoms with Crippen LogP contribution in [0.2, 0.25) is 0 Å². The van der Waals surface area contributed by atoms with E-state index in [1.807, 2.05) is 6.92 Å². The second-order valence-electron chi connectivity index (χ2n) is 4.51. The van der Waals surface area contributed by atoms with E-state index in [-0.39, 0.29) is 0 Å². The zero-order valence-electron chi connectivity index (χ0n) is 11.2. The van der Waals surface area contributed by atoms with E-state index in [9.17, 15) is 18.0 Å². The number of hydrogen-bond donors (Lipinski definition) is 0. The molecule has 0 unspecified atom stereocenters. The normalized spacial score (nSPS) is 13.1. The number of benzene rings is 1. The summed E-state index contributed by atoms with van der Waals surface area (Å²) in [4.78, 5) is 12.3. The van der Waals surface area contributed by atoms with E-state index in [0.29, 0.717) is 16.7 Å². The van der Waals surface area contributed by atoms with Crippen LogP contribution < -0.4 is 0 Å². The average Bonchev–Trinajstić information content (AvgIpc) is 2.93. The third-order valence-corrected chi connectivity index (χ3v) is 4.05. The maximum absolute atomic E-state index is 13.1. The van der Waals surface area contributed by atoms with Crippen LogP contribution in [-0.2, 0) is 0 Å². The van der Waals surface area contributed by atoms with E-state index in [0.717, 1.165) is 10.2 Å². The fourth-order valence-corrected chi connectivity index (χ4v) is 2.66. The zero-order valence-corrected chi connectivity index (χ0v) is 12.0. The Morgan fingerprint density at radius 3 is 2.52 bits per heavy atom. The Hall–Kier alpha value is -1.76. The predicted octanol–water partition coefficient (Wildman–Crippen LogP) is 3.95. The van der Waals surface area contributed by atoms with Gasteiger partial charge in [0.1, 0.15) is 5.25 Å². The largest absolute Gasteiger partial charge is 0.401 e. The second kappa shape index (κ2) is 6.34. The number of rotatable bonds is 4. The van der Waals surface area contributed by atoms with Crippen molar-refractivity contribution in [1.82, 2.24) is 9.78 Å². The molecule has 1 heterocycles. The van der Waals surface area contributed by atoms with Crippen molar-refractivity contribution in [3.8, 4) is 0 Å². The molecule has 0 fully saturated rings. The minimum Gasteiger partial charge on any atom is -0.273 e. The average molecular weight is 314 g/mol. The maximum atomic E-state index is 13.1. The molecule has 0 aliphatic rings. The highest BCUT2D eigenvalue weighted by atomic mass is 32.2. The van der Waals surface area contributed by atoms with E-state index in [1.54, 1.807) is 24.3 Å². The van der Waals surface area contributed by atoms with Crippen molar-refractivity contribution in [2.24, 2.45) is 0 Å². The van der Waals surface area contributed by atoms with Crippen molar-refractivity contribution in [2.75, 3.05) is 0 Å². The van der Waals surface area contributed by atoms with Gasteiger partial charge in [-0.1, -0.05) is 17.7 Å². The van der Waals surface area contributed by atoms with Gasteiger partial charge in [-0.25, -0.2) is 4.68 Å². The number of carbonyl (C=O) groups is 1. The maximum Gasteiger partial charge on any atom is 0.401 e. The van der Waals surface area contributed by atoms with E-state index >= 15 is 0 Å². The number of hydrogen-bond acceptors (Lipinski definition) is 3. The Labute approximate surface area is 124 Å². The number of carbonyl (C=O) groups excluding carboxylic acids is 1. The van der Waals surface area contributed by atoms with Crippen molar-refractivity contribution in [1.29, 1.82) is 0 Å². The summed E-state index contributed by atoms with van der Waals surface area (Å²) < 4.78 is 40.2. The summed E-state index contributed by atoms with van der Waals surface area (Å²) >= 11 is 0.643. The van der Waals surface area contributed by atoms with Crippen molar-refractivity contribution < 1.29 is 18.0 Å². The van der Waals surface area contributed by atoms with Gasteiger partial charge in [-0.05, 0) is 25.1 Å². The number of thioether (sulfide) groups is 1. The lowest BCUT2D eigenvalue weighted by molar-refractivity contribution is -0.128. The fraction of sp³-hybridized carbons (Fsp3) is 0.286. The second-order valence-corrected chi connectivity index (χ2v) is 5.79. The molecule has 0 radical (unpaired) electrons. The van der Waals surface area contributed by atoms with E-state index in [1.165, 1.54) is 18.5 Å². The van der Waals surface area contributed by atoms with Crippen LogP contribution in [0.4, 0.5) is 13.2 Å². The third-order valence-electron chi connectivity index (χ3n) is 2.78. The molecule has 112 valence electrons. The van der Waals surface area contributed by atoms with Crippen molar-refractivity contribution in [2.45, 2.75) is 29.7 Å². The van der Waals surface area contributed by atoms with Gasteiger partial charge in [0.2, 0.25) is 5.91 Å². The first-order valence-electron chi connectivity index (χ1n) is 6.19. The Morgan fingerprint density at radius 1 is 1.33 bits per heavy atom. The molecule has 0 saturated heterocycles. The molecule has 1 aromatic heterocycles. The molecule has 0 amide bonds. The number of aromatic nitrogens is 2. The molecule has 2 rings (SSSR count). The predicted molar refractivity (Wildman–Crippen MR) is 74.3 cm³/mol. The van der Waals surface area contributed by atoms with E-state index in [4.69, 9.17) is 0 Å². The van der Waals surface area contributed by atoms with Gasteiger partial charge in [-0.2, -0.15) is 18.3 Å². The molecule has 0 spiro atoms. The number of nitrogens with zero attached hydrogens (tertiary/aromatic N) is 2. The first kappa shape index (κ1) is 15.6. The molecule has 0 saturated carbocycles. The molecule has 0 aliphatic heterocycles. The van der Waals surface area contributed by atoms with Gasteiger partial charge in [0.25, 0.3) is 0 Å². The van der Waals surface area contributed by atoms with Gasteiger partial charge in [0.15, 0.2) is 0 Å². The summed E-state index contributed by atoms with van der Waals surface area (Å²) in [5.41, 5.74) is 0.968. The minimum atomic E-state index is -4.46. The molecule has 7 heteroatoms. The smallest absolute Gasteiger partial charge is 0.273 e. The zero-order chi connectivity index (χ0) is 15.5. The van der Waals surface area contributed by atoms with Crippen LogP contribution in [0.15, 0.2) is 47.6 Å². The van der Waals surface area contributed by atoms with Crippen LogP contribution in [-0.4, -0.2) is 27.1 Å². The molecule has 0 aliphatic carbocycles. The summed E-state index contributed by atoms with van der Waals surface area (Å²) in [5, 5.41) is 1.87. The molecule has 1 atom stereocenters. The van der Waals surface area contributed by atoms with Crippen LogP contribution in [0.3, 0.4) is 0 Å². The van der Waals surface area contributed by atoms with Crippen molar-refractivity contribution in [3.05, 3.63) is 48.3 Å². The van der Waals surface area contributed by atoms with E-state index < -0.39 is 23.8 Å². The van der Waals surface area contributed by atoms with Crippen LogP contribution in [0.25, 0.3) is 0 Å². The molecule has 3 nitrogen and oxygen atoms in total. The summed E-state index contributed by atoms with van der Waals surface area (Å²) in [6.45, 7) is 1.86. The third kappa shape index (κ3) is 4.35. The van der Waals surface area contributed by atoms with Gasteiger partial charge in [0, 0.05) is 23.7 Å². The molecular formula is C14H13F3N2OS. The molecule has 21 heavy (non-hydrogen) atoms. The van der Waals surface area contributed by atoms with E-state index in [2.05, 4.69) is 5.10 Å². The van der Waals surface area contributed by atoms with Crippen LogP contribution >= 0.6 is 11.8 Å². The Morgan fingerprint density at radius 2 is 2.00 bits per heavy atom. The molecule has 0 N–H and O–H groups in total. The Bertz CT molecular complexity index is 594. The van der Waals surface area contributed by atoms with Gasteiger partial charge in [-0.3, -0.25) is 4.79 Å². The summed E-state index contributed by atoms with van der Waals surface area (Å²) in [6.07, 6.45) is -2.41. The van der Waals surface area contributed by atoms with Crippen LogP contribution in [0, 0.1) is 6.92 Å². The molecule has 0 bridgehead atoms. The molecule has 1 aromatic carbocycles. The molecule has 2 aromatic rings. The monoisotopic (exact) mass is 314 g/mol. The Balaban J connectivity index is 2.12. The van der Waals surface area contributed by atoms with Crippen LogP contribution in [0.1, 0.15) is 16.8 Å². The molecular weight excluding hydrogens is 301 g/mol. The lowest BCUT2D eigenvalue weighted by Gasteiger charge is -2.19. The summed E-state index contributed by atoms with van der Waals surface area (Å²) in [5.74, 6) is -0.679. The SMILES string of the molecule is Cc1ccc(S[C@@H](CC(=O)n2cccn2)C(F)(F)F)cc1. The lowest BCUT2D eigenvalue weighted by atomic mass is 10.2. The summed E-state index contributed by atoms with van der Waals surface area (Å²) in [7, 11) is 0.